The van der Waals surface area contributed by atoms with Crippen LogP contribution in [0.15, 0.2) is 29.3 Å². The van der Waals surface area contributed by atoms with Gasteiger partial charge in [0.1, 0.15) is 10.7 Å². The molecule has 96 valence electrons. The zero-order valence-corrected chi connectivity index (χ0v) is 11.6. The molecule has 0 bridgehead atoms. The molecular formula is C10H9Cl2N3O2S. The van der Waals surface area contributed by atoms with Crippen molar-refractivity contribution >= 4 is 39.0 Å². The number of benzene rings is 1. The summed E-state index contributed by atoms with van der Waals surface area (Å²) < 4.78 is 26.6. The number of hydrogen-bond acceptors (Lipinski definition) is 3. The molecule has 18 heavy (non-hydrogen) atoms. The molecule has 0 aliphatic heterocycles. The molecule has 2 N–H and O–H groups in total. The lowest BCUT2D eigenvalue weighted by atomic mass is 10.4. The van der Waals surface area contributed by atoms with Crippen molar-refractivity contribution in [2.45, 2.75) is 11.8 Å². The predicted octanol–water partition coefficient (Wildman–Crippen LogP) is 2.83. The molecule has 0 saturated carbocycles. The Hall–Kier alpha value is -1.24. The second-order valence-corrected chi connectivity index (χ2v) is 6.10. The van der Waals surface area contributed by atoms with Crippen molar-refractivity contribution in [2.75, 3.05) is 4.72 Å². The Morgan fingerprint density at radius 3 is 2.67 bits per heavy atom. The van der Waals surface area contributed by atoms with E-state index in [1.807, 2.05) is 0 Å². The number of aromatic amines is 1. The van der Waals surface area contributed by atoms with Crippen LogP contribution in [0, 0.1) is 6.92 Å². The molecule has 0 unspecified atom stereocenters. The van der Waals surface area contributed by atoms with Crippen LogP contribution in [0.3, 0.4) is 0 Å². The molecule has 0 aliphatic carbocycles. The zero-order chi connectivity index (χ0) is 13.3. The van der Waals surface area contributed by atoms with Crippen LogP contribution < -0.4 is 4.72 Å². The van der Waals surface area contributed by atoms with E-state index in [2.05, 4.69) is 14.9 Å². The summed E-state index contributed by atoms with van der Waals surface area (Å²) in [6.45, 7) is 1.72. The number of rotatable bonds is 3. The molecule has 0 saturated heterocycles. The Morgan fingerprint density at radius 1 is 1.33 bits per heavy atom. The highest BCUT2D eigenvalue weighted by atomic mass is 35.5. The zero-order valence-electron chi connectivity index (χ0n) is 9.24. The molecule has 0 atom stereocenters. The minimum atomic E-state index is -3.80. The number of hydrogen-bond donors (Lipinski definition) is 2. The van der Waals surface area contributed by atoms with E-state index in [0.29, 0.717) is 16.4 Å². The lowest BCUT2D eigenvalue weighted by Crippen LogP contribution is -2.14. The van der Waals surface area contributed by atoms with Gasteiger partial charge >= 0.3 is 0 Å². The first-order chi connectivity index (χ1) is 8.40. The quantitative estimate of drug-likeness (QED) is 0.915. The third-order valence-electron chi connectivity index (χ3n) is 2.25. The van der Waals surface area contributed by atoms with Gasteiger partial charge < -0.3 is 0 Å². The van der Waals surface area contributed by atoms with Crippen LogP contribution in [0.25, 0.3) is 0 Å². The van der Waals surface area contributed by atoms with Crippen molar-refractivity contribution in [1.82, 2.24) is 10.2 Å². The summed E-state index contributed by atoms with van der Waals surface area (Å²) in [5.41, 5.74) is 0.678. The minimum Gasteiger partial charge on any atom is -0.263 e. The first-order valence-corrected chi connectivity index (χ1v) is 7.12. The summed E-state index contributed by atoms with van der Waals surface area (Å²) in [6, 6.07) is 4.24. The minimum absolute atomic E-state index is 0.0781. The molecule has 1 aromatic carbocycles. The highest BCUT2D eigenvalue weighted by Crippen LogP contribution is 2.26. The van der Waals surface area contributed by atoms with Crippen LogP contribution in [0.1, 0.15) is 5.56 Å². The average molecular weight is 306 g/mol. The van der Waals surface area contributed by atoms with Gasteiger partial charge in [0.25, 0.3) is 10.0 Å². The highest BCUT2D eigenvalue weighted by Gasteiger charge is 2.19. The Morgan fingerprint density at radius 2 is 2.06 bits per heavy atom. The number of H-pyrrole nitrogens is 1. The number of nitrogens with one attached hydrogen (secondary N) is 2. The normalized spacial score (nSPS) is 11.5. The molecular weight excluding hydrogens is 297 g/mol. The van der Waals surface area contributed by atoms with Crippen LogP contribution in [0.4, 0.5) is 5.82 Å². The van der Waals surface area contributed by atoms with Crippen molar-refractivity contribution in [3.63, 3.8) is 0 Å². The van der Waals surface area contributed by atoms with Gasteiger partial charge in [0.05, 0.1) is 11.2 Å². The van der Waals surface area contributed by atoms with E-state index < -0.39 is 10.0 Å². The average Bonchev–Trinajstić information content (AvgIpc) is 2.67. The van der Waals surface area contributed by atoms with E-state index in [4.69, 9.17) is 23.2 Å². The summed E-state index contributed by atoms with van der Waals surface area (Å²) >= 11 is 11.6. The summed E-state index contributed by atoms with van der Waals surface area (Å²) in [5, 5.41) is 6.67. The van der Waals surface area contributed by atoms with Gasteiger partial charge in [-0.1, -0.05) is 23.2 Å². The molecule has 2 aromatic rings. The number of aromatic nitrogens is 2. The maximum atomic E-state index is 12.1. The summed E-state index contributed by atoms with van der Waals surface area (Å²) in [7, 11) is -3.80. The lowest BCUT2D eigenvalue weighted by molar-refractivity contribution is 0.601. The summed E-state index contributed by atoms with van der Waals surface area (Å²) in [6.07, 6.45) is 1.51. The van der Waals surface area contributed by atoms with Crippen LogP contribution in [0.5, 0.6) is 0 Å². The molecule has 0 fully saturated rings. The number of anilines is 1. The molecule has 0 spiro atoms. The van der Waals surface area contributed by atoms with Gasteiger partial charge in [-0.15, -0.1) is 0 Å². The number of halogens is 2. The van der Waals surface area contributed by atoms with Gasteiger partial charge in [-0.25, -0.2) is 8.42 Å². The highest BCUT2D eigenvalue weighted by molar-refractivity contribution is 7.92. The molecule has 2 rings (SSSR count). The SMILES string of the molecule is Cc1cn[nH]c1NS(=O)(=O)c1cc(Cl)ccc1Cl. The van der Waals surface area contributed by atoms with E-state index in [-0.39, 0.29) is 9.92 Å². The first kappa shape index (κ1) is 13.2. The van der Waals surface area contributed by atoms with Crippen molar-refractivity contribution in [3.05, 3.63) is 40.0 Å². The summed E-state index contributed by atoms with van der Waals surface area (Å²) in [5.74, 6) is 0.297. The van der Waals surface area contributed by atoms with E-state index in [1.165, 1.54) is 24.4 Å². The molecule has 5 nitrogen and oxygen atoms in total. The van der Waals surface area contributed by atoms with Crippen LogP contribution in [-0.2, 0) is 10.0 Å². The lowest BCUT2D eigenvalue weighted by Gasteiger charge is -2.08. The predicted molar refractivity (Wildman–Crippen MR) is 70.6 cm³/mol. The molecule has 0 amide bonds. The number of aryl methyl sites for hydroxylation is 1. The standard InChI is InChI=1S/C10H9Cl2N3O2S/c1-6-5-13-14-10(6)15-18(16,17)9-4-7(11)2-3-8(9)12/h2-5H,1H3,(H2,13,14,15). The molecule has 1 aromatic heterocycles. The maximum absolute atomic E-state index is 12.1. The Balaban J connectivity index is 2.43. The second kappa shape index (κ2) is 4.79. The Kier molecular flexibility index (Phi) is 3.52. The van der Waals surface area contributed by atoms with Crippen LogP contribution >= 0.6 is 23.2 Å². The van der Waals surface area contributed by atoms with Gasteiger partial charge in [0.2, 0.25) is 0 Å². The monoisotopic (exact) mass is 305 g/mol. The van der Waals surface area contributed by atoms with Gasteiger partial charge in [0, 0.05) is 10.6 Å². The molecule has 0 aliphatic rings. The Labute approximate surface area is 114 Å². The maximum Gasteiger partial charge on any atom is 0.264 e. The first-order valence-electron chi connectivity index (χ1n) is 4.88. The molecule has 8 heteroatoms. The smallest absolute Gasteiger partial charge is 0.263 e. The van der Waals surface area contributed by atoms with Gasteiger partial charge in [-0.3, -0.25) is 9.82 Å². The van der Waals surface area contributed by atoms with Crippen LogP contribution in [0.2, 0.25) is 10.0 Å². The van der Waals surface area contributed by atoms with E-state index in [9.17, 15) is 8.42 Å². The topological polar surface area (TPSA) is 74.8 Å². The van der Waals surface area contributed by atoms with Gasteiger partial charge in [-0.2, -0.15) is 5.10 Å². The Bertz CT molecular complexity index is 682. The van der Waals surface area contributed by atoms with E-state index in [0.717, 1.165) is 0 Å². The fourth-order valence-electron chi connectivity index (χ4n) is 1.32. The fraction of sp³-hybridized carbons (Fsp3) is 0.100. The third kappa shape index (κ3) is 2.60. The number of sulfonamides is 1. The second-order valence-electron chi connectivity index (χ2n) is 3.61. The van der Waals surface area contributed by atoms with Gasteiger partial charge in [0.15, 0.2) is 0 Å². The van der Waals surface area contributed by atoms with Crippen LogP contribution in [-0.4, -0.2) is 18.6 Å². The largest absolute Gasteiger partial charge is 0.264 e. The third-order valence-corrected chi connectivity index (χ3v) is 4.31. The van der Waals surface area contributed by atoms with Crippen molar-refractivity contribution < 1.29 is 8.42 Å². The van der Waals surface area contributed by atoms with E-state index in [1.54, 1.807) is 6.92 Å². The summed E-state index contributed by atoms with van der Waals surface area (Å²) in [4.78, 5) is -0.0781. The van der Waals surface area contributed by atoms with Crippen molar-refractivity contribution in [2.24, 2.45) is 0 Å². The number of nitrogens with zero attached hydrogens (tertiary/aromatic N) is 1. The van der Waals surface area contributed by atoms with Gasteiger partial charge in [-0.05, 0) is 25.1 Å². The molecule has 1 heterocycles. The fourth-order valence-corrected chi connectivity index (χ4v) is 3.17. The van der Waals surface area contributed by atoms with E-state index >= 15 is 0 Å². The van der Waals surface area contributed by atoms with Crippen molar-refractivity contribution in [3.8, 4) is 0 Å². The molecule has 0 radical (unpaired) electrons. The van der Waals surface area contributed by atoms with Crippen molar-refractivity contribution in [1.29, 1.82) is 0 Å².